The monoisotopic (exact) mass is 331 g/mol. The normalized spacial score (nSPS) is 19.7. The molecule has 130 valence electrons. The Morgan fingerprint density at radius 1 is 1.25 bits per heavy atom. The summed E-state index contributed by atoms with van der Waals surface area (Å²) in [5.41, 5.74) is 1.79. The number of carbonyl (C=O) groups excluding carboxylic acids is 2. The Morgan fingerprint density at radius 3 is 2.54 bits per heavy atom. The summed E-state index contributed by atoms with van der Waals surface area (Å²) in [6.45, 7) is 8.64. The first-order valence-electron chi connectivity index (χ1n) is 8.48. The number of ether oxygens (including phenoxy) is 2. The van der Waals surface area contributed by atoms with E-state index in [-0.39, 0.29) is 12.1 Å². The number of piperidine rings is 1. The molecule has 0 aliphatic carbocycles. The van der Waals surface area contributed by atoms with Crippen LogP contribution in [0.2, 0.25) is 0 Å². The van der Waals surface area contributed by atoms with E-state index in [1.807, 2.05) is 45.9 Å². The molecule has 1 amide bonds. The fourth-order valence-electron chi connectivity index (χ4n) is 3.37. The topological polar surface area (TPSA) is 55.8 Å². The number of benzene rings is 1. The first-order chi connectivity index (χ1) is 11.2. The molecule has 1 saturated heterocycles. The predicted octanol–water partition coefficient (Wildman–Crippen LogP) is 3.48. The van der Waals surface area contributed by atoms with E-state index in [2.05, 4.69) is 0 Å². The van der Waals surface area contributed by atoms with Crippen molar-refractivity contribution in [3.05, 3.63) is 34.9 Å². The van der Waals surface area contributed by atoms with Crippen molar-refractivity contribution in [1.82, 2.24) is 4.90 Å². The minimum absolute atomic E-state index is 0.245. The van der Waals surface area contributed by atoms with Crippen LogP contribution in [0.4, 0.5) is 4.79 Å². The van der Waals surface area contributed by atoms with Crippen LogP contribution in [0.25, 0.3) is 0 Å². The minimum atomic E-state index is -0.500. The molecule has 2 aliphatic heterocycles. The number of rotatable bonds is 0. The Bertz CT molecular complexity index is 666. The van der Waals surface area contributed by atoms with Gasteiger partial charge in [0, 0.05) is 32.4 Å². The molecule has 1 aromatic rings. The lowest BCUT2D eigenvalue weighted by atomic mass is 9.81. The summed E-state index contributed by atoms with van der Waals surface area (Å²) < 4.78 is 11.2. The predicted molar refractivity (Wildman–Crippen MR) is 90.1 cm³/mol. The molecule has 1 fully saturated rings. The van der Waals surface area contributed by atoms with Crippen molar-refractivity contribution in [1.29, 1.82) is 0 Å². The molecule has 1 spiro atoms. The van der Waals surface area contributed by atoms with Crippen LogP contribution in [-0.2, 0) is 15.9 Å². The lowest BCUT2D eigenvalue weighted by molar-refractivity contribution is -0.0587. The van der Waals surface area contributed by atoms with E-state index < -0.39 is 11.2 Å². The van der Waals surface area contributed by atoms with Gasteiger partial charge in [-0.3, -0.25) is 0 Å². The number of likely N-dealkylation sites (tertiary alicyclic amines) is 1. The van der Waals surface area contributed by atoms with Crippen molar-refractivity contribution in [2.75, 3.05) is 13.1 Å². The van der Waals surface area contributed by atoms with E-state index in [1.165, 1.54) is 0 Å². The number of amides is 1. The van der Waals surface area contributed by atoms with Gasteiger partial charge in [-0.2, -0.15) is 0 Å². The Balaban J connectivity index is 1.69. The molecule has 24 heavy (non-hydrogen) atoms. The summed E-state index contributed by atoms with van der Waals surface area (Å²) in [5.74, 6) is -0.245. The number of hydrogen-bond acceptors (Lipinski definition) is 4. The molecular formula is C19H25NO4. The SMILES string of the molecule is Cc1ccc2c(c1)C(=O)OC1(CCN(C(=O)OC(C)(C)C)CC1)C2. The van der Waals surface area contributed by atoms with Crippen LogP contribution >= 0.6 is 0 Å². The van der Waals surface area contributed by atoms with Crippen LogP contribution in [0.1, 0.15) is 55.1 Å². The molecular weight excluding hydrogens is 306 g/mol. The van der Waals surface area contributed by atoms with Crippen LogP contribution < -0.4 is 0 Å². The zero-order chi connectivity index (χ0) is 17.5. The van der Waals surface area contributed by atoms with Crippen molar-refractivity contribution in [2.24, 2.45) is 0 Å². The highest BCUT2D eigenvalue weighted by Gasteiger charge is 2.44. The van der Waals surface area contributed by atoms with E-state index in [0.717, 1.165) is 17.5 Å². The second kappa shape index (κ2) is 5.80. The van der Waals surface area contributed by atoms with E-state index in [9.17, 15) is 9.59 Å². The molecule has 0 saturated carbocycles. The second-order valence-corrected chi connectivity index (χ2v) is 7.88. The highest BCUT2D eigenvalue weighted by Crippen LogP contribution is 2.36. The second-order valence-electron chi connectivity index (χ2n) is 7.88. The fraction of sp³-hybridized carbons (Fsp3) is 0.579. The minimum Gasteiger partial charge on any atom is -0.455 e. The Kier molecular flexibility index (Phi) is 4.06. The zero-order valence-corrected chi connectivity index (χ0v) is 14.8. The first kappa shape index (κ1) is 16.8. The molecule has 5 heteroatoms. The van der Waals surface area contributed by atoms with Gasteiger partial charge in [-0.25, -0.2) is 9.59 Å². The maximum absolute atomic E-state index is 12.4. The van der Waals surface area contributed by atoms with Crippen LogP contribution in [0.3, 0.4) is 0 Å². The summed E-state index contributed by atoms with van der Waals surface area (Å²) in [7, 11) is 0. The molecule has 1 aromatic carbocycles. The molecule has 0 unspecified atom stereocenters. The summed E-state index contributed by atoms with van der Waals surface area (Å²) in [5, 5.41) is 0. The molecule has 2 aliphatic rings. The number of carbonyl (C=O) groups is 2. The highest BCUT2D eigenvalue weighted by molar-refractivity contribution is 5.92. The summed E-state index contributed by atoms with van der Waals surface area (Å²) >= 11 is 0. The molecule has 0 bridgehead atoms. The van der Waals surface area contributed by atoms with Gasteiger partial charge >= 0.3 is 12.1 Å². The first-order valence-corrected chi connectivity index (χ1v) is 8.48. The number of fused-ring (bicyclic) bond motifs is 1. The van der Waals surface area contributed by atoms with Gasteiger partial charge in [-0.05, 0) is 39.3 Å². The molecule has 0 aromatic heterocycles. The molecule has 0 N–H and O–H groups in total. The number of aryl methyl sites for hydroxylation is 1. The van der Waals surface area contributed by atoms with E-state index >= 15 is 0 Å². The third-order valence-electron chi connectivity index (χ3n) is 4.63. The van der Waals surface area contributed by atoms with Gasteiger partial charge in [0.1, 0.15) is 11.2 Å². The van der Waals surface area contributed by atoms with Gasteiger partial charge < -0.3 is 14.4 Å². The molecule has 2 heterocycles. The van der Waals surface area contributed by atoms with Crippen LogP contribution in [0, 0.1) is 6.92 Å². The Hall–Kier alpha value is -2.04. The Labute approximate surface area is 142 Å². The van der Waals surface area contributed by atoms with Crippen molar-refractivity contribution < 1.29 is 19.1 Å². The van der Waals surface area contributed by atoms with Gasteiger partial charge in [-0.15, -0.1) is 0 Å². The van der Waals surface area contributed by atoms with E-state index in [0.29, 0.717) is 31.5 Å². The average molecular weight is 331 g/mol. The van der Waals surface area contributed by atoms with Crippen LogP contribution in [-0.4, -0.2) is 41.3 Å². The third kappa shape index (κ3) is 3.40. The molecule has 5 nitrogen and oxygen atoms in total. The largest absolute Gasteiger partial charge is 0.455 e. The molecule has 3 rings (SSSR count). The number of hydrogen-bond donors (Lipinski definition) is 0. The van der Waals surface area contributed by atoms with Crippen LogP contribution in [0.5, 0.6) is 0 Å². The van der Waals surface area contributed by atoms with Gasteiger partial charge in [-0.1, -0.05) is 17.7 Å². The highest BCUT2D eigenvalue weighted by atomic mass is 16.6. The maximum Gasteiger partial charge on any atom is 0.410 e. The van der Waals surface area contributed by atoms with E-state index in [1.54, 1.807) is 4.90 Å². The molecule has 0 atom stereocenters. The number of esters is 1. The van der Waals surface area contributed by atoms with Crippen molar-refractivity contribution >= 4 is 12.1 Å². The van der Waals surface area contributed by atoms with Gasteiger partial charge in [0.2, 0.25) is 0 Å². The van der Waals surface area contributed by atoms with Crippen LogP contribution in [0.15, 0.2) is 18.2 Å². The van der Waals surface area contributed by atoms with Gasteiger partial charge in [0.25, 0.3) is 0 Å². The number of nitrogens with zero attached hydrogens (tertiary/aromatic N) is 1. The summed E-state index contributed by atoms with van der Waals surface area (Å²) in [6, 6.07) is 5.94. The summed E-state index contributed by atoms with van der Waals surface area (Å²) in [6.07, 6.45) is 1.71. The summed E-state index contributed by atoms with van der Waals surface area (Å²) in [4.78, 5) is 26.3. The lowest BCUT2D eigenvalue weighted by Crippen LogP contribution is -2.52. The third-order valence-corrected chi connectivity index (χ3v) is 4.63. The van der Waals surface area contributed by atoms with Crippen molar-refractivity contribution in [3.63, 3.8) is 0 Å². The van der Waals surface area contributed by atoms with Gasteiger partial charge in [0.05, 0.1) is 5.56 Å². The quantitative estimate of drug-likeness (QED) is 0.683. The Morgan fingerprint density at radius 2 is 1.92 bits per heavy atom. The van der Waals surface area contributed by atoms with E-state index in [4.69, 9.17) is 9.47 Å². The van der Waals surface area contributed by atoms with Crippen molar-refractivity contribution in [3.8, 4) is 0 Å². The fourth-order valence-corrected chi connectivity index (χ4v) is 3.37. The smallest absolute Gasteiger partial charge is 0.410 e. The standard InChI is InChI=1S/C19H25NO4/c1-13-5-6-14-12-19(23-16(21)15(14)11-13)7-9-20(10-8-19)17(22)24-18(2,3)4/h5-6,11H,7-10,12H2,1-4H3. The van der Waals surface area contributed by atoms with Gasteiger partial charge in [0.15, 0.2) is 0 Å². The molecule has 0 radical (unpaired) electrons. The maximum atomic E-state index is 12.4. The zero-order valence-electron chi connectivity index (χ0n) is 14.8. The van der Waals surface area contributed by atoms with Crippen molar-refractivity contribution in [2.45, 2.75) is 58.2 Å². The average Bonchev–Trinajstić information content (AvgIpc) is 2.47. The lowest BCUT2D eigenvalue weighted by Gasteiger charge is -2.43.